The summed E-state index contributed by atoms with van der Waals surface area (Å²) in [5.41, 5.74) is 0.690. The van der Waals surface area contributed by atoms with Crippen LogP contribution in [0, 0.1) is 6.92 Å². The third kappa shape index (κ3) is 2.91. The highest BCUT2D eigenvalue weighted by molar-refractivity contribution is 5.46. The van der Waals surface area contributed by atoms with Crippen molar-refractivity contribution in [2.75, 3.05) is 6.61 Å². The lowest BCUT2D eigenvalue weighted by Gasteiger charge is -2.14. The van der Waals surface area contributed by atoms with Gasteiger partial charge >= 0.3 is 0 Å². The number of hydrogen-bond donors (Lipinski definition) is 1. The fourth-order valence-corrected chi connectivity index (χ4v) is 1.83. The van der Waals surface area contributed by atoms with Gasteiger partial charge in [-0.15, -0.1) is 10.2 Å². The lowest BCUT2D eigenvalue weighted by atomic mass is 10.2. The van der Waals surface area contributed by atoms with Gasteiger partial charge < -0.3 is 19.1 Å². The maximum absolute atomic E-state index is 9.40. The summed E-state index contributed by atoms with van der Waals surface area (Å²) in [5, 5.41) is 17.4. The summed E-state index contributed by atoms with van der Waals surface area (Å²) in [6, 6.07) is 5.45. The minimum atomic E-state index is -0.103. The van der Waals surface area contributed by atoms with Crippen LogP contribution in [-0.2, 0) is 20.3 Å². The van der Waals surface area contributed by atoms with Crippen LogP contribution in [0.1, 0.15) is 24.1 Å². The maximum atomic E-state index is 9.40. The highest BCUT2D eigenvalue weighted by Gasteiger charge is 2.12. The van der Waals surface area contributed by atoms with Gasteiger partial charge in [0.05, 0.1) is 13.2 Å². The summed E-state index contributed by atoms with van der Waals surface area (Å²) < 4.78 is 13.2. The molecular formula is C14H19N3O3. The van der Waals surface area contributed by atoms with Gasteiger partial charge in [-0.3, -0.25) is 0 Å². The van der Waals surface area contributed by atoms with E-state index in [2.05, 4.69) is 10.2 Å². The number of ether oxygens (including phenoxy) is 2. The van der Waals surface area contributed by atoms with Crippen LogP contribution in [0.25, 0.3) is 0 Å². The topological polar surface area (TPSA) is 69.4 Å². The van der Waals surface area contributed by atoms with Crippen molar-refractivity contribution in [1.29, 1.82) is 0 Å². The summed E-state index contributed by atoms with van der Waals surface area (Å²) in [4.78, 5) is 0. The number of hydrogen-bond acceptors (Lipinski definition) is 5. The van der Waals surface area contributed by atoms with Gasteiger partial charge in [0, 0.05) is 12.6 Å². The summed E-state index contributed by atoms with van der Waals surface area (Å²) >= 11 is 0. The van der Waals surface area contributed by atoms with E-state index in [9.17, 15) is 5.11 Å². The third-order valence-corrected chi connectivity index (χ3v) is 3.06. The Morgan fingerprint density at radius 1 is 1.25 bits per heavy atom. The van der Waals surface area contributed by atoms with Gasteiger partial charge in [0.1, 0.15) is 12.4 Å². The number of aromatic nitrogens is 3. The monoisotopic (exact) mass is 277 g/mol. The Labute approximate surface area is 118 Å². The van der Waals surface area contributed by atoms with Crippen LogP contribution < -0.4 is 9.47 Å². The molecule has 0 saturated carbocycles. The van der Waals surface area contributed by atoms with E-state index in [0.717, 1.165) is 11.6 Å². The van der Waals surface area contributed by atoms with Crippen LogP contribution in [-0.4, -0.2) is 26.5 Å². The largest absolute Gasteiger partial charge is 0.490 e. The Bertz CT molecular complexity index is 581. The van der Waals surface area contributed by atoms with Crippen LogP contribution in [0.4, 0.5) is 0 Å². The van der Waals surface area contributed by atoms with E-state index < -0.39 is 0 Å². The number of aryl methyl sites for hydroxylation is 1. The molecular weight excluding hydrogens is 258 g/mol. The van der Waals surface area contributed by atoms with E-state index in [1.54, 1.807) is 6.07 Å². The molecule has 0 unspecified atom stereocenters. The molecule has 1 aromatic carbocycles. The van der Waals surface area contributed by atoms with E-state index in [0.29, 0.717) is 23.7 Å². The predicted octanol–water partition coefficient (Wildman–Crippen LogP) is 1.59. The molecule has 0 aliphatic rings. The Balaban J connectivity index is 2.21. The van der Waals surface area contributed by atoms with E-state index in [1.165, 1.54) is 0 Å². The molecule has 0 aliphatic carbocycles. The number of benzene rings is 1. The maximum Gasteiger partial charge on any atom is 0.170 e. The second-order valence-electron chi connectivity index (χ2n) is 4.35. The van der Waals surface area contributed by atoms with Crippen LogP contribution in [0.15, 0.2) is 18.2 Å². The summed E-state index contributed by atoms with van der Waals surface area (Å²) in [6.07, 6.45) is 0. The zero-order chi connectivity index (χ0) is 14.5. The zero-order valence-corrected chi connectivity index (χ0v) is 12.0. The molecule has 0 radical (unpaired) electrons. The molecule has 0 spiro atoms. The minimum Gasteiger partial charge on any atom is -0.490 e. The lowest BCUT2D eigenvalue weighted by Crippen LogP contribution is -2.07. The van der Waals surface area contributed by atoms with Crippen LogP contribution in [0.5, 0.6) is 11.5 Å². The normalized spacial score (nSPS) is 10.6. The highest BCUT2D eigenvalue weighted by atomic mass is 16.5. The van der Waals surface area contributed by atoms with Gasteiger partial charge in [-0.2, -0.15) is 0 Å². The fraction of sp³-hybridized carbons (Fsp3) is 0.429. The van der Waals surface area contributed by atoms with Crippen molar-refractivity contribution < 1.29 is 14.6 Å². The number of rotatable bonds is 6. The third-order valence-electron chi connectivity index (χ3n) is 3.06. The average Bonchev–Trinajstić information content (AvgIpc) is 2.77. The highest BCUT2D eigenvalue weighted by Crippen LogP contribution is 2.32. The smallest absolute Gasteiger partial charge is 0.170 e. The number of aliphatic hydroxyl groups excluding tert-OH is 1. The molecule has 0 amide bonds. The Kier molecular flexibility index (Phi) is 4.57. The molecule has 2 rings (SSSR count). The molecule has 1 aromatic heterocycles. The van der Waals surface area contributed by atoms with Crippen molar-refractivity contribution in [3.8, 4) is 11.5 Å². The molecule has 20 heavy (non-hydrogen) atoms. The van der Waals surface area contributed by atoms with E-state index >= 15 is 0 Å². The molecule has 0 bridgehead atoms. The van der Waals surface area contributed by atoms with E-state index in [-0.39, 0.29) is 13.2 Å². The molecule has 1 heterocycles. The first kappa shape index (κ1) is 14.3. The molecule has 1 N–H and O–H groups in total. The first-order valence-corrected chi connectivity index (χ1v) is 6.50. The zero-order valence-electron chi connectivity index (χ0n) is 12.0. The number of para-hydroxylation sites is 1. The second-order valence-corrected chi connectivity index (χ2v) is 4.35. The second kappa shape index (κ2) is 6.38. The van der Waals surface area contributed by atoms with Crippen LogP contribution in [0.2, 0.25) is 0 Å². The molecule has 0 saturated heterocycles. The lowest BCUT2D eigenvalue weighted by molar-refractivity contribution is 0.238. The molecule has 108 valence electrons. The first-order valence-electron chi connectivity index (χ1n) is 6.50. The standard InChI is InChI=1S/C14H19N3O3/c1-4-19-12-7-5-6-11(8-18)14(12)20-9-13-16-15-10(2)17(13)3/h5-7,18H,4,8-9H2,1-3H3. The SMILES string of the molecule is CCOc1cccc(CO)c1OCc1nnc(C)n1C. The van der Waals surface area contributed by atoms with E-state index in [4.69, 9.17) is 9.47 Å². The number of aliphatic hydroxyl groups is 1. The Morgan fingerprint density at radius 3 is 2.65 bits per heavy atom. The van der Waals surface area contributed by atoms with Crippen LogP contribution >= 0.6 is 0 Å². The summed E-state index contributed by atoms with van der Waals surface area (Å²) in [6.45, 7) is 4.49. The molecule has 6 nitrogen and oxygen atoms in total. The average molecular weight is 277 g/mol. The van der Waals surface area contributed by atoms with Crippen molar-refractivity contribution >= 4 is 0 Å². The van der Waals surface area contributed by atoms with E-state index in [1.807, 2.05) is 37.6 Å². The summed E-state index contributed by atoms with van der Waals surface area (Å²) in [5.74, 6) is 2.72. The molecule has 6 heteroatoms. The van der Waals surface area contributed by atoms with Crippen molar-refractivity contribution in [2.45, 2.75) is 27.1 Å². The predicted molar refractivity (Wildman–Crippen MR) is 73.6 cm³/mol. The fourth-order valence-electron chi connectivity index (χ4n) is 1.83. The Morgan fingerprint density at radius 2 is 2.05 bits per heavy atom. The molecule has 0 atom stereocenters. The van der Waals surface area contributed by atoms with Crippen molar-refractivity contribution in [3.63, 3.8) is 0 Å². The first-order chi connectivity index (χ1) is 9.67. The molecule has 0 fully saturated rings. The van der Waals surface area contributed by atoms with Gasteiger partial charge in [-0.1, -0.05) is 12.1 Å². The van der Waals surface area contributed by atoms with Gasteiger partial charge in [0.2, 0.25) is 0 Å². The minimum absolute atomic E-state index is 0.103. The van der Waals surface area contributed by atoms with Gasteiger partial charge in [0.25, 0.3) is 0 Å². The van der Waals surface area contributed by atoms with Gasteiger partial charge in [0.15, 0.2) is 17.3 Å². The Hall–Kier alpha value is -2.08. The molecule has 0 aliphatic heterocycles. The quantitative estimate of drug-likeness (QED) is 0.868. The van der Waals surface area contributed by atoms with Gasteiger partial charge in [-0.05, 0) is 19.9 Å². The van der Waals surface area contributed by atoms with Crippen molar-refractivity contribution in [2.24, 2.45) is 7.05 Å². The summed E-state index contributed by atoms with van der Waals surface area (Å²) in [7, 11) is 1.88. The van der Waals surface area contributed by atoms with Crippen molar-refractivity contribution in [1.82, 2.24) is 14.8 Å². The number of nitrogens with zero attached hydrogens (tertiary/aromatic N) is 3. The van der Waals surface area contributed by atoms with Gasteiger partial charge in [-0.25, -0.2) is 0 Å². The van der Waals surface area contributed by atoms with Crippen molar-refractivity contribution in [3.05, 3.63) is 35.4 Å². The van der Waals surface area contributed by atoms with Crippen LogP contribution in [0.3, 0.4) is 0 Å². The molecule has 2 aromatic rings.